The standard InChI is InChI=1S/C26H24F3N7O3/c1-17-4-2-5-18(12-17)14-31-34-23-22-24(33-25(32-23)35-8-10-38-11-9-35)36(16-30-22)15-21(37)19-6-3-7-20(13-19)39-26(27,28)29/h2-7,12-14,16H,8-11,15H2,1H3,(H,32,33,34)/b31-14+. The van der Waals surface area contributed by atoms with Crippen LogP contribution >= 0.6 is 0 Å². The lowest BCUT2D eigenvalue weighted by Crippen LogP contribution is -2.37. The molecule has 1 saturated heterocycles. The van der Waals surface area contributed by atoms with Gasteiger partial charge in [0.25, 0.3) is 0 Å². The van der Waals surface area contributed by atoms with Crippen molar-refractivity contribution >= 4 is 34.9 Å². The van der Waals surface area contributed by atoms with E-state index in [1.165, 1.54) is 23.0 Å². The predicted octanol–water partition coefficient (Wildman–Crippen LogP) is 4.20. The lowest BCUT2D eigenvalue weighted by Gasteiger charge is -2.27. The number of hydrazone groups is 1. The van der Waals surface area contributed by atoms with E-state index in [0.717, 1.165) is 23.3 Å². The number of fused-ring (bicyclic) bond motifs is 1. The lowest BCUT2D eigenvalue weighted by atomic mass is 10.1. The molecule has 2 aromatic carbocycles. The summed E-state index contributed by atoms with van der Waals surface area (Å²) in [5.74, 6) is -0.162. The zero-order valence-corrected chi connectivity index (χ0v) is 20.9. The zero-order valence-electron chi connectivity index (χ0n) is 20.9. The van der Waals surface area contributed by atoms with E-state index in [-0.39, 0.29) is 12.1 Å². The largest absolute Gasteiger partial charge is 0.573 e. The number of ether oxygens (including phenoxy) is 2. The number of rotatable bonds is 8. The fourth-order valence-corrected chi connectivity index (χ4v) is 4.06. The smallest absolute Gasteiger partial charge is 0.406 e. The number of anilines is 2. The molecule has 0 amide bonds. The summed E-state index contributed by atoms with van der Waals surface area (Å²) in [5, 5.41) is 4.32. The first-order chi connectivity index (χ1) is 18.7. The zero-order chi connectivity index (χ0) is 27.4. The second-order valence-corrected chi connectivity index (χ2v) is 8.80. The number of aromatic nitrogens is 4. The molecular weight excluding hydrogens is 515 g/mol. The second kappa shape index (κ2) is 11.1. The summed E-state index contributed by atoms with van der Waals surface area (Å²) in [5.41, 5.74) is 5.74. The van der Waals surface area contributed by atoms with Gasteiger partial charge < -0.3 is 18.9 Å². The van der Waals surface area contributed by atoms with Crippen molar-refractivity contribution in [2.24, 2.45) is 5.10 Å². The van der Waals surface area contributed by atoms with Gasteiger partial charge >= 0.3 is 6.36 Å². The molecule has 13 heteroatoms. The van der Waals surface area contributed by atoms with E-state index in [0.29, 0.717) is 49.2 Å². The molecule has 4 aromatic rings. The SMILES string of the molecule is Cc1cccc(/C=N/Nc2nc(N3CCOCC3)nc3c2ncn3CC(=O)c2cccc(OC(F)(F)F)c2)c1. The number of imidazole rings is 1. The molecule has 3 heterocycles. The molecule has 0 saturated carbocycles. The van der Waals surface area contributed by atoms with Crippen LogP contribution in [0.3, 0.4) is 0 Å². The Bertz CT molecular complexity index is 1510. The number of aryl methyl sites for hydroxylation is 1. The predicted molar refractivity (Wildman–Crippen MR) is 138 cm³/mol. The Balaban J connectivity index is 1.44. The number of benzene rings is 2. The van der Waals surface area contributed by atoms with Crippen molar-refractivity contribution < 1.29 is 27.4 Å². The van der Waals surface area contributed by atoms with Crippen LogP contribution in [0.15, 0.2) is 60.0 Å². The average Bonchev–Trinajstić information content (AvgIpc) is 3.31. The van der Waals surface area contributed by atoms with Gasteiger partial charge in [0, 0.05) is 18.7 Å². The van der Waals surface area contributed by atoms with E-state index in [4.69, 9.17) is 4.74 Å². The van der Waals surface area contributed by atoms with Gasteiger partial charge in [0.05, 0.1) is 32.3 Å². The molecule has 1 N–H and O–H groups in total. The van der Waals surface area contributed by atoms with Gasteiger partial charge in [0.2, 0.25) is 5.95 Å². The van der Waals surface area contributed by atoms with Crippen molar-refractivity contribution in [2.45, 2.75) is 19.8 Å². The van der Waals surface area contributed by atoms with Crippen molar-refractivity contribution in [1.82, 2.24) is 19.5 Å². The number of carbonyl (C=O) groups excluding carboxylic acids is 1. The Kier molecular flexibility index (Phi) is 7.41. The molecule has 0 unspecified atom stereocenters. The highest BCUT2D eigenvalue weighted by Crippen LogP contribution is 2.26. The highest BCUT2D eigenvalue weighted by Gasteiger charge is 2.31. The maximum Gasteiger partial charge on any atom is 0.573 e. The first-order valence-electron chi connectivity index (χ1n) is 12.1. The van der Waals surface area contributed by atoms with E-state index in [9.17, 15) is 18.0 Å². The molecule has 1 aliphatic heterocycles. The number of hydrogen-bond donors (Lipinski definition) is 1. The lowest BCUT2D eigenvalue weighted by molar-refractivity contribution is -0.274. The minimum absolute atomic E-state index is 0.0576. The monoisotopic (exact) mass is 539 g/mol. The van der Waals surface area contributed by atoms with Gasteiger partial charge in [-0.2, -0.15) is 15.1 Å². The van der Waals surface area contributed by atoms with Crippen molar-refractivity contribution in [2.75, 3.05) is 36.6 Å². The fourth-order valence-electron chi connectivity index (χ4n) is 4.06. The van der Waals surface area contributed by atoms with Gasteiger partial charge in [-0.3, -0.25) is 10.2 Å². The van der Waals surface area contributed by atoms with Crippen molar-refractivity contribution in [3.05, 3.63) is 71.5 Å². The van der Waals surface area contributed by atoms with Crippen LogP contribution in [0.1, 0.15) is 21.5 Å². The summed E-state index contributed by atoms with van der Waals surface area (Å²) in [6.45, 7) is 3.97. The Hall–Kier alpha value is -4.52. The Labute approximate surface area is 221 Å². The Morgan fingerprint density at radius 1 is 1.15 bits per heavy atom. The quantitative estimate of drug-likeness (QED) is 0.202. The van der Waals surface area contributed by atoms with Crippen molar-refractivity contribution in [3.8, 4) is 5.75 Å². The van der Waals surface area contributed by atoms with Gasteiger partial charge in [0.15, 0.2) is 22.8 Å². The Morgan fingerprint density at radius 2 is 1.95 bits per heavy atom. The number of hydrogen-bond acceptors (Lipinski definition) is 9. The van der Waals surface area contributed by atoms with Crippen LogP contribution in [0.4, 0.5) is 24.9 Å². The van der Waals surface area contributed by atoms with Crippen molar-refractivity contribution in [3.63, 3.8) is 0 Å². The number of carbonyl (C=O) groups is 1. The minimum Gasteiger partial charge on any atom is -0.406 e. The number of nitrogens with one attached hydrogen (secondary N) is 1. The van der Waals surface area contributed by atoms with Gasteiger partial charge in [-0.1, -0.05) is 42.0 Å². The van der Waals surface area contributed by atoms with Crippen LogP contribution in [0.2, 0.25) is 0 Å². The summed E-state index contributed by atoms with van der Waals surface area (Å²) in [6.07, 6.45) is -1.77. The molecule has 0 aliphatic carbocycles. The number of alkyl halides is 3. The number of Topliss-reactive ketones (excluding diaryl/α,β-unsaturated/α-hetero) is 1. The van der Waals surface area contributed by atoms with Crippen LogP contribution in [-0.4, -0.2) is 64.2 Å². The van der Waals surface area contributed by atoms with E-state index in [2.05, 4.69) is 30.2 Å². The number of halogens is 3. The second-order valence-electron chi connectivity index (χ2n) is 8.80. The molecule has 1 aliphatic rings. The van der Waals surface area contributed by atoms with Crippen LogP contribution in [0.5, 0.6) is 5.75 Å². The normalized spacial score (nSPS) is 14.2. The summed E-state index contributed by atoms with van der Waals surface area (Å²) in [6, 6.07) is 12.8. The molecule has 202 valence electrons. The molecule has 10 nitrogen and oxygen atoms in total. The van der Waals surface area contributed by atoms with Gasteiger partial charge in [-0.05, 0) is 24.6 Å². The van der Waals surface area contributed by atoms with E-state index >= 15 is 0 Å². The fraction of sp³-hybridized carbons (Fsp3) is 0.269. The molecule has 5 rings (SSSR count). The topological polar surface area (TPSA) is 107 Å². The molecule has 2 aromatic heterocycles. The summed E-state index contributed by atoms with van der Waals surface area (Å²) in [4.78, 5) is 28.6. The minimum atomic E-state index is -4.86. The molecule has 0 atom stereocenters. The summed E-state index contributed by atoms with van der Waals surface area (Å²) in [7, 11) is 0. The molecule has 0 bridgehead atoms. The highest BCUT2D eigenvalue weighted by atomic mass is 19.4. The third-order valence-corrected chi connectivity index (χ3v) is 5.88. The van der Waals surface area contributed by atoms with E-state index < -0.39 is 17.9 Å². The van der Waals surface area contributed by atoms with Crippen molar-refractivity contribution in [1.29, 1.82) is 0 Å². The average molecular weight is 540 g/mol. The Morgan fingerprint density at radius 3 is 2.72 bits per heavy atom. The first kappa shape index (κ1) is 26.1. The molecule has 1 fully saturated rings. The first-order valence-corrected chi connectivity index (χ1v) is 12.1. The van der Waals surface area contributed by atoms with E-state index in [1.54, 1.807) is 6.21 Å². The van der Waals surface area contributed by atoms with Crippen LogP contribution < -0.4 is 15.1 Å². The maximum atomic E-state index is 13.0. The van der Waals surface area contributed by atoms with Crippen LogP contribution in [0.25, 0.3) is 11.2 Å². The molecular formula is C26H24F3N7O3. The number of morpholine rings is 1. The van der Waals surface area contributed by atoms with Gasteiger partial charge in [0.1, 0.15) is 5.75 Å². The summed E-state index contributed by atoms with van der Waals surface area (Å²) < 4.78 is 48.8. The van der Waals surface area contributed by atoms with Crippen LogP contribution in [0, 0.1) is 6.92 Å². The van der Waals surface area contributed by atoms with E-state index in [1.807, 2.05) is 36.1 Å². The van der Waals surface area contributed by atoms with Crippen LogP contribution in [-0.2, 0) is 11.3 Å². The molecule has 0 radical (unpaired) electrons. The molecule has 39 heavy (non-hydrogen) atoms. The maximum absolute atomic E-state index is 13.0. The third-order valence-electron chi connectivity index (χ3n) is 5.88. The highest BCUT2D eigenvalue weighted by molar-refractivity contribution is 5.97. The van der Waals surface area contributed by atoms with Gasteiger partial charge in [-0.25, -0.2) is 4.98 Å². The number of ketones is 1. The summed E-state index contributed by atoms with van der Waals surface area (Å²) >= 11 is 0. The third kappa shape index (κ3) is 6.49. The number of nitrogens with zero attached hydrogens (tertiary/aromatic N) is 6. The van der Waals surface area contributed by atoms with Gasteiger partial charge in [-0.15, -0.1) is 13.2 Å². The molecule has 0 spiro atoms.